The Labute approximate surface area is 148 Å². The predicted molar refractivity (Wildman–Crippen MR) is 95.7 cm³/mol. The maximum atomic E-state index is 11.5. The van der Waals surface area contributed by atoms with Gasteiger partial charge in [-0.25, -0.2) is 0 Å². The van der Waals surface area contributed by atoms with E-state index in [1.54, 1.807) is 6.07 Å². The number of amides is 1. The average molecular weight is 346 g/mol. The zero-order valence-corrected chi connectivity index (χ0v) is 15.4. The molecule has 1 aromatic carbocycles. The standard InChI is InChI=1S/C18H26N4O3/c1-6-19-15(23)11-24-14-9-7-8-13(10-14)20-12(2)16-21-17(22-25-16)18(3,4)5/h7-10,12,20H,6,11H2,1-5H3,(H,19,23). The van der Waals surface area contributed by atoms with Crippen LogP contribution in [-0.2, 0) is 10.2 Å². The SMILES string of the molecule is CCNC(=O)COc1cccc(NC(C)c2nc(C(C)(C)C)no2)c1. The summed E-state index contributed by atoms with van der Waals surface area (Å²) in [7, 11) is 0. The molecule has 2 rings (SSSR count). The van der Waals surface area contributed by atoms with E-state index in [9.17, 15) is 4.79 Å². The first-order valence-electron chi connectivity index (χ1n) is 8.39. The molecular formula is C18H26N4O3. The van der Waals surface area contributed by atoms with E-state index in [2.05, 4.69) is 20.8 Å². The zero-order valence-electron chi connectivity index (χ0n) is 15.4. The van der Waals surface area contributed by atoms with Crippen LogP contribution in [0.2, 0.25) is 0 Å². The van der Waals surface area contributed by atoms with Gasteiger partial charge in [0.05, 0.1) is 0 Å². The molecule has 1 amide bonds. The first kappa shape index (κ1) is 18.8. The number of carbonyl (C=O) groups is 1. The minimum absolute atomic E-state index is 0.00848. The van der Waals surface area contributed by atoms with Gasteiger partial charge in [-0.3, -0.25) is 4.79 Å². The van der Waals surface area contributed by atoms with Crippen molar-refractivity contribution in [1.82, 2.24) is 15.5 Å². The van der Waals surface area contributed by atoms with E-state index in [1.807, 2.05) is 52.8 Å². The van der Waals surface area contributed by atoms with Gasteiger partial charge in [0.15, 0.2) is 12.4 Å². The number of hydrogen-bond acceptors (Lipinski definition) is 6. The van der Waals surface area contributed by atoms with Crippen molar-refractivity contribution in [2.24, 2.45) is 0 Å². The van der Waals surface area contributed by atoms with E-state index in [1.165, 1.54) is 0 Å². The number of ether oxygens (including phenoxy) is 1. The minimum atomic E-state index is -0.158. The Morgan fingerprint density at radius 3 is 2.76 bits per heavy atom. The van der Waals surface area contributed by atoms with Crippen LogP contribution in [0.3, 0.4) is 0 Å². The lowest BCUT2D eigenvalue weighted by Crippen LogP contribution is -2.28. The van der Waals surface area contributed by atoms with Crippen LogP contribution in [0.1, 0.15) is 52.4 Å². The zero-order chi connectivity index (χ0) is 18.4. The monoisotopic (exact) mass is 346 g/mol. The normalized spacial score (nSPS) is 12.5. The van der Waals surface area contributed by atoms with Crippen LogP contribution in [0.25, 0.3) is 0 Å². The second kappa shape index (κ2) is 8.00. The highest BCUT2D eigenvalue weighted by Gasteiger charge is 2.23. The van der Waals surface area contributed by atoms with Crippen LogP contribution < -0.4 is 15.4 Å². The molecule has 0 aliphatic heterocycles. The highest BCUT2D eigenvalue weighted by Crippen LogP contribution is 2.24. The van der Waals surface area contributed by atoms with Gasteiger partial charge in [0.25, 0.3) is 5.91 Å². The van der Waals surface area contributed by atoms with E-state index < -0.39 is 0 Å². The number of likely N-dealkylation sites (N-methyl/N-ethyl adjacent to an activating group) is 1. The fourth-order valence-corrected chi connectivity index (χ4v) is 2.10. The third-order valence-electron chi connectivity index (χ3n) is 3.44. The maximum absolute atomic E-state index is 11.5. The van der Waals surface area contributed by atoms with Crippen LogP contribution >= 0.6 is 0 Å². The van der Waals surface area contributed by atoms with Gasteiger partial charge in [0, 0.05) is 23.7 Å². The molecule has 1 atom stereocenters. The van der Waals surface area contributed by atoms with Crippen molar-refractivity contribution in [1.29, 1.82) is 0 Å². The number of rotatable bonds is 7. The van der Waals surface area contributed by atoms with Crippen LogP contribution in [-0.4, -0.2) is 29.2 Å². The first-order valence-corrected chi connectivity index (χ1v) is 8.39. The second-order valence-electron chi connectivity index (χ2n) is 6.84. The summed E-state index contributed by atoms with van der Waals surface area (Å²) in [6.45, 7) is 10.5. The van der Waals surface area contributed by atoms with Gasteiger partial charge in [-0.2, -0.15) is 4.98 Å². The molecule has 0 aliphatic carbocycles. The Balaban J connectivity index is 1.99. The summed E-state index contributed by atoms with van der Waals surface area (Å²) in [5, 5.41) is 10.0. The molecule has 2 N–H and O–H groups in total. The van der Waals surface area contributed by atoms with E-state index in [0.717, 1.165) is 5.69 Å². The molecule has 25 heavy (non-hydrogen) atoms. The van der Waals surface area contributed by atoms with Crippen molar-refractivity contribution in [3.63, 3.8) is 0 Å². The summed E-state index contributed by atoms with van der Waals surface area (Å²) in [5.74, 6) is 1.67. The molecule has 7 heteroatoms. The predicted octanol–water partition coefficient (Wildman–Crippen LogP) is 3.06. The largest absolute Gasteiger partial charge is 0.484 e. The summed E-state index contributed by atoms with van der Waals surface area (Å²) in [4.78, 5) is 15.9. The molecule has 0 saturated carbocycles. The van der Waals surface area contributed by atoms with Gasteiger partial charge in [-0.05, 0) is 26.0 Å². The molecule has 0 spiro atoms. The number of nitrogens with zero attached hydrogens (tertiary/aromatic N) is 2. The van der Waals surface area contributed by atoms with Crippen molar-refractivity contribution >= 4 is 11.6 Å². The summed E-state index contributed by atoms with van der Waals surface area (Å²) >= 11 is 0. The van der Waals surface area contributed by atoms with Crippen molar-refractivity contribution in [2.45, 2.75) is 46.1 Å². The molecule has 1 unspecified atom stereocenters. The van der Waals surface area contributed by atoms with Crippen LogP contribution in [0.4, 0.5) is 5.69 Å². The Morgan fingerprint density at radius 1 is 1.36 bits per heavy atom. The quantitative estimate of drug-likeness (QED) is 0.801. The van der Waals surface area contributed by atoms with E-state index in [-0.39, 0.29) is 24.0 Å². The van der Waals surface area contributed by atoms with Crippen molar-refractivity contribution in [2.75, 3.05) is 18.5 Å². The molecule has 0 bridgehead atoms. The molecule has 0 fully saturated rings. The topological polar surface area (TPSA) is 89.3 Å². The van der Waals surface area contributed by atoms with Crippen LogP contribution in [0.15, 0.2) is 28.8 Å². The number of nitrogens with one attached hydrogen (secondary N) is 2. The fraction of sp³-hybridized carbons (Fsp3) is 0.500. The highest BCUT2D eigenvalue weighted by molar-refractivity contribution is 5.77. The Kier molecular flexibility index (Phi) is 6.01. The molecule has 0 radical (unpaired) electrons. The van der Waals surface area contributed by atoms with Gasteiger partial charge in [-0.1, -0.05) is 32.0 Å². The summed E-state index contributed by atoms with van der Waals surface area (Å²) in [6.07, 6.45) is 0. The van der Waals surface area contributed by atoms with Gasteiger partial charge < -0.3 is 19.9 Å². The molecule has 2 aromatic rings. The molecule has 0 aliphatic rings. The van der Waals surface area contributed by atoms with Gasteiger partial charge >= 0.3 is 0 Å². The molecular weight excluding hydrogens is 320 g/mol. The minimum Gasteiger partial charge on any atom is -0.484 e. The number of carbonyl (C=O) groups excluding carboxylic acids is 1. The molecule has 7 nitrogen and oxygen atoms in total. The van der Waals surface area contributed by atoms with E-state index >= 15 is 0 Å². The lowest BCUT2D eigenvalue weighted by molar-refractivity contribution is -0.122. The van der Waals surface area contributed by atoms with E-state index in [0.29, 0.717) is 24.0 Å². The fourth-order valence-electron chi connectivity index (χ4n) is 2.10. The lowest BCUT2D eigenvalue weighted by atomic mass is 9.96. The summed E-state index contributed by atoms with van der Waals surface area (Å²) < 4.78 is 10.8. The number of anilines is 1. The van der Waals surface area contributed by atoms with Crippen molar-refractivity contribution in [3.05, 3.63) is 36.0 Å². The third-order valence-corrected chi connectivity index (χ3v) is 3.44. The van der Waals surface area contributed by atoms with Crippen LogP contribution in [0.5, 0.6) is 5.75 Å². The Morgan fingerprint density at radius 2 is 2.12 bits per heavy atom. The second-order valence-corrected chi connectivity index (χ2v) is 6.84. The lowest BCUT2D eigenvalue weighted by Gasteiger charge is -2.13. The van der Waals surface area contributed by atoms with Crippen LogP contribution in [0, 0.1) is 0 Å². The molecule has 1 heterocycles. The Bertz CT molecular complexity index is 706. The van der Waals surface area contributed by atoms with Gasteiger partial charge in [0.2, 0.25) is 5.89 Å². The average Bonchev–Trinajstić information content (AvgIpc) is 3.04. The smallest absolute Gasteiger partial charge is 0.257 e. The molecule has 136 valence electrons. The number of hydrogen-bond donors (Lipinski definition) is 2. The number of benzene rings is 1. The molecule has 1 aromatic heterocycles. The van der Waals surface area contributed by atoms with Crippen molar-refractivity contribution < 1.29 is 14.1 Å². The number of aromatic nitrogens is 2. The van der Waals surface area contributed by atoms with E-state index in [4.69, 9.17) is 9.26 Å². The third kappa shape index (κ3) is 5.48. The van der Waals surface area contributed by atoms with Crippen molar-refractivity contribution in [3.8, 4) is 5.75 Å². The highest BCUT2D eigenvalue weighted by atomic mass is 16.5. The first-order chi connectivity index (χ1) is 11.8. The Hall–Kier alpha value is -2.57. The summed E-state index contributed by atoms with van der Waals surface area (Å²) in [5.41, 5.74) is 0.685. The molecule has 0 saturated heterocycles. The van der Waals surface area contributed by atoms with Gasteiger partial charge in [-0.15, -0.1) is 0 Å². The van der Waals surface area contributed by atoms with Gasteiger partial charge in [0.1, 0.15) is 11.8 Å². The summed E-state index contributed by atoms with van der Waals surface area (Å²) in [6, 6.07) is 7.26. The maximum Gasteiger partial charge on any atom is 0.257 e.